The van der Waals surface area contributed by atoms with Gasteiger partial charge >= 0.3 is 5.97 Å². The predicted molar refractivity (Wildman–Crippen MR) is 96.0 cm³/mol. The summed E-state index contributed by atoms with van der Waals surface area (Å²) in [6.07, 6.45) is -13.8. The van der Waals surface area contributed by atoms with Crippen molar-refractivity contribution in [1.82, 2.24) is 0 Å². The van der Waals surface area contributed by atoms with Crippen LogP contribution in [0, 0.1) is 0 Å². The van der Waals surface area contributed by atoms with Crippen LogP contribution in [0.4, 0.5) is 0 Å². The van der Waals surface area contributed by atoms with E-state index >= 15 is 0 Å². The van der Waals surface area contributed by atoms with Crippen LogP contribution in [0.25, 0.3) is 0 Å². The van der Waals surface area contributed by atoms with Gasteiger partial charge in [0.25, 0.3) is 0 Å². The number of methoxy groups -OCH3 is 1. The fourth-order valence-electron chi connectivity index (χ4n) is 3.44. The summed E-state index contributed by atoms with van der Waals surface area (Å²) in [6, 6.07) is 0. The lowest BCUT2D eigenvalue weighted by Crippen LogP contribution is -2.64. The summed E-state index contributed by atoms with van der Waals surface area (Å²) in [5, 5.41) is 59.5. The van der Waals surface area contributed by atoms with E-state index in [4.69, 9.17) is 34.5 Å². The molecule has 0 amide bonds. The summed E-state index contributed by atoms with van der Waals surface area (Å²) < 4.78 is 27.4. The van der Waals surface area contributed by atoms with Gasteiger partial charge in [-0.15, -0.1) is 0 Å². The van der Waals surface area contributed by atoms with E-state index in [0.717, 1.165) is 0 Å². The van der Waals surface area contributed by atoms with Gasteiger partial charge in [-0.1, -0.05) is 0 Å². The maximum atomic E-state index is 10.9. The first-order valence-corrected chi connectivity index (χ1v) is 9.60. The highest BCUT2D eigenvalue weighted by molar-refractivity contribution is 5.66. The van der Waals surface area contributed by atoms with Crippen LogP contribution in [-0.4, -0.2) is 125 Å². The highest BCUT2D eigenvalue weighted by Gasteiger charge is 2.51. The Labute approximate surface area is 172 Å². The van der Waals surface area contributed by atoms with Crippen molar-refractivity contribution in [1.29, 1.82) is 0 Å². The van der Waals surface area contributed by atoms with Gasteiger partial charge in [0.2, 0.25) is 0 Å². The van der Waals surface area contributed by atoms with Crippen LogP contribution in [0.15, 0.2) is 0 Å². The number of hydrogen-bond donors (Lipinski definition) is 7. The minimum absolute atomic E-state index is 0.0211. The van der Waals surface area contributed by atoms with Gasteiger partial charge in [-0.2, -0.15) is 0 Å². The lowest BCUT2D eigenvalue weighted by atomic mass is 9.95. The third kappa shape index (κ3) is 5.83. The first-order valence-electron chi connectivity index (χ1n) is 9.60. The van der Waals surface area contributed by atoms with Gasteiger partial charge in [-0.25, -0.2) is 0 Å². The van der Waals surface area contributed by atoms with Crippen molar-refractivity contribution in [2.75, 3.05) is 26.9 Å². The Balaban J connectivity index is 2.19. The van der Waals surface area contributed by atoms with E-state index in [2.05, 4.69) is 0 Å². The molecule has 13 heteroatoms. The minimum atomic E-state index is -1.57. The third-order valence-electron chi connectivity index (χ3n) is 5.08. The summed E-state index contributed by atoms with van der Waals surface area (Å²) in [6.45, 7) is -0.443. The number of aliphatic carboxylic acids is 1. The average Bonchev–Trinajstić information content (AvgIpc) is 2.72. The molecule has 0 aromatic rings. The van der Waals surface area contributed by atoms with E-state index in [1.54, 1.807) is 0 Å². The van der Waals surface area contributed by atoms with Crippen molar-refractivity contribution < 1.29 is 59.1 Å². The summed E-state index contributed by atoms with van der Waals surface area (Å²) in [4.78, 5) is 10.9. The minimum Gasteiger partial charge on any atom is -0.481 e. The molecule has 2 fully saturated rings. The van der Waals surface area contributed by atoms with Gasteiger partial charge in [0, 0.05) is 20.1 Å². The molecule has 0 aromatic carbocycles. The molecule has 0 saturated carbocycles. The molecule has 8 N–H and O–H groups in total. The van der Waals surface area contributed by atoms with Gasteiger partial charge < -0.3 is 60.1 Å². The molecule has 2 aliphatic rings. The van der Waals surface area contributed by atoms with Crippen LogP contribution in [0.5, 0.6) is 0 Å². The molecule has 30 heavy (non-hydrogen) atoms. The maximum Gasteiger partial charge on any atom is 0.303 e. The Kier molecular flexibility index (Phi) is 9.77. The summed E-state index contributed by atoms with van der Waals surface area (Å²) in [7, 11) is 1.24. The van der Waals surface area contributed by atoms with Crippen molar-refractivity contribution in [3.05, 3.63) is 0 Å². The molecule has 2 aliphatic heterocycles. The van der Waals surface area contributed by atoms with E-state index in [0.29, 0.717) is 0 Å². The summed E-state index contributed by atoms with van der Waals surface area (Å²) in [5.41, 5.74) is 5.42. The van der Waals surface area contributed by atoms with Gasteiger partial charge in [0.05, 0.1) is 19.3 Å². The highest BCUT2D eigenvalue weighted by atomic mass is 16.8. The zero-order valence-corrected chi connectivity index (χ0v) is 16.5. The standard InChI is InChI=1S/C17H31NO12/c1-26-14-12(24)10(22)7(2-3-9(20)21)28-17(14)30-15-13(25)11(23)8(6-19)29-16(15)27-5-4-18/h7-8,10-17,19,22-25H,2-6,18H2,1H3,(H,20,21)/t7?,8?,10-,11-,12?,13?,14?,15?,16+,17-/m1/s1. The smallest absolute Gasteiger partial charge is 0.303 e. The molecule has 0 aliphatic carbocycles. The fourth-order valence-corrected chi connectivity index (χ4v) is 3.44. The lowest BCUT2D eigenvalue weighted by molar-refractivity contribution is -0.367. The molecule has 13 nitrogen and oxygen atoms in total. The molecule has 0 aromatic heterocycles. The number of carboxylic acids is 1. The van der Waals surface area contributed by atoms with Crippen LogP contribution in [0.1, 0.15) is 12.8 Å². The molecule has 0 radical (unpaired) electrons. The molecule has 0 bridgehead atoms. The largest absolute Gasteiger partial charge is 0.481 e. The number of rotatable bonds is 10. The van der Waals surface area contributed by atoms with Crippen LogP contribution in [-0.2, 0) is 28.5 Å². The average molecular weight is 441 g/mol. The molecule has 176 valence electrons. The zero-order chi connectivity index (χ0) is 22.4. The van der Waals surface area contributed by atoms with Crippen molar-refractivity contribution in [2.45, 2.75) is 74.3 Å². The monoisotopic (exact) mass is 441 g/mol. The summed E-state index contributed by atoms with van der Waals surface area (Å²) in [5.74, 6) is -1.11. The lowest BCUT2D eigenvalue weighted by Gasteiger charge is -2.46. The zero-order valence-electron chi connectivity index (χ0n) is 16.5. The number of carboxylic acid groups (broad SMARTS) is 1. The van der Waals surface area contributed by atoms with Gasteiger partial charge in [0.1, 0.15) is 42.7 Å². The molecule has 10 atom stereocenters. The molecule has 2 heterocycles. The Morgan fingerprint density at radius 2 is 1.57 bits per heavy atom. The Hall–Kier alpha value is -0.970. The van der Waals surface area contributed by atoms with Crippen molar-refractivity contribution in [2.24, 2.45) is 5.73 Å². The Morgan fingerprint density at radius 1 is 0.967 bits per heavy atom. The van der Waals surface area contributed by atoms with Crippen LogP contribution in [0.2, 0.25) is 0 Å². The van der Waals surface area contributed by atoms with Crippen LogP contribution < -0.4 is 5.73 Å². The molecular weight excluding hydrogens is 410 g/mol. The highest BCUT2D eigenvalue weighted by Crippen LogP contribution is 2.31. The quantitative estimate of drug-likeness (QED) is 0.173. The topological polar surface area (TPSA) is 211 Å². The SMILES string of the molecule is COC1C(O)[C@H](O)C(CCC(=O)O)O[C@@H]1OC1C(O)[C@H](O)C(CO)O[C@@H]1OCCN. The Bertz CT molecular complexity index is 539. The van der Waals surface area contributed by atoms with E-state index in [9.17, 15) is 30.3 Å². The van der Waals surface area contributed by atoms with E-state index in [-0.39, 0.29) is 26.0 Å². The molecular formula is C17H31NO12. The molecule has 2 rings (SSSR count). The van der Waals surface area contributed by atoms with Crippen molar-refractivity contribution >= 4 is 5.97 Å². The third-order valence-corrected chi connectivity index (χ3v) is 5.08. The van der Waals surface area contributed by atoms with Gasteiger partial charge in [0.15, 0.2) is 12.6 Å². The molecule has 0 spiro atoms. The van der Waals surface area contributed by atoms with E-state index < -0.39 is 74.0 Å². The second-order valence-corrected chi connectivity index (χ2v) is 7.12. The first kappa shape index (κ1) is 25.3. The maximum absolute atomic E-state index is 10.9. The number of hydrogen-bond acceptors (Lipinski definition) is 12. The fraction of sp³-hybridized carbons (Fsp3) is 0.941. The Morgan fingerprint density at radius 3 is 2.13 bits per heavy atom. The predicted octanol–water partition coefficient (Wildman–Crippen LogP) is -3.89. The van der Waals surface area contributed by atoms with E-state index in [1.165, 1.54) is 7.11 Å². The molecule has 6 unspecified atom stereocenters. The second-order valence-electron chi connectivity index (χ2n) is 7.12. The number of ether oxygens (including phenoxy) is 5. The number of aliphatic hydroxyl groups is 5. The second kappa shape index (κ2) is 11.6. The molecule has 2 saturated heterocycles. The summed E-state index contributed by atoms with van der Waals surface area (Å²) >= 11 is 0. The van der Waals surface area contributed by atoms with Crippen LogP contribution in [0.3, 0.4) is 0 Å². The number of nitrogens with two attached hydrogens (primary N) is 1. The van der Waals surface area contributed by atoms with E-state index in [1.807, 2.05) is 0 Å². The van der Waals surface area contributed by atoms with Gasteiger partial charge in [-0.05, 0) is 6.42 Å². The first-order chi connectivity index (χ1) is 14.2. The number of aliphatic hydroxyl groups excluding tert-OH is 5. The number of carbonyl (C=O) groups is 1. The normalized spacial score (nSPS) is 42.2. The van der Waals surface area contributed by atoms with Crippen molar-refractivity contribution in [3.8, 4) is 0 Å². The van der Waals surface area contributed by atoms with Crippen molar-refractivity contribution in [3.63, 3.8) is 0 Å². The van der Waals surface area contributed by atoms with Crippen LogP contribution >= 0.6 is 0 Å². The van der Waals surface area contributed by atoms with Gasteiger partial charge in [-0.3, -0.25) is 4.79 Å².